The third-order valence-electron chi connectivity index (χ3n) is 6.54. The highest BCUT2D eigenvalue weighted by Gasteiger charge is 2.27. The number of hydrogen-bond donors (Lipinski definition) is 2. The first-order valence-corrected chi connectivity index (χ1v) is 12.7. The van der Waals surface area contributed by atoms with E-state index in [1.165, 1.54) is 6.07 Å². The Labute approximate surface area is 225 Å². The van der Waals surface area contributed by atoms with Crippen LogP contribution in [0.1, 0.15) is 46.3 Å². The van der Waals surface area contributed by atoms with Gasteiger partial charge in [-0.1, -0.05) is 36.4 Å². The number of rotatable bonds is 11. The molecule has 0 radical (unpaired) electrons. The number of ether oxygens (including phenoxy) is 2. The van der Waals surface area contributed by atoms with E-state index in [-0.39, 0.29) is 29.5 Å². The van der Waals surface area contributed by atoms with Crippen LogP contribution in [0.4, 0.5) is 8.78 Å². The Morgan fingerprint density at radius 1 is 1.10 bits per heavy atom. The summed E-state index contributed by atoms with van der Waals surface area (Å²) in [5.41, 5.74) is 8.18. The molecule has 1 saturated carbocycles. The summed E-state index contributed by atoms with van der Waals surface area (Å²) >= 11 is 0. The molecular weight excluding hydrogens is 504 g/mol. The van der Waals surface area contributed by atoms with Crippen LogP contribution in [0.3, 0.4) is 0 Å². The van der Waals surface area contributed by atoms with Gasteiger partial charge in [0.1, 0.15) is 11.6 Å². The summed E-state index contributed by atoms with van der Waals surface area (Å²) in [7, 11) is 1.57. The molecule has 3 N–H and O–H groups in total. The molecule has 1 atom stereocenters. The highest BCUT2D eigenvalue weighted by Crippen LogP contribution is 2.36. The zero-order valence-electron chi connectivity index (χ0n) is 21.5. The summed E-state index contributed by atoms with van der Waals surface area (Å²) in [5.74, 6) is 0.00821. The SMILES string of the molecule is COc1ccc(-c2nc(C(=O)NCc3ccc(F)cc3F)c(C(N)Cc3ccccc3)o2)cc1OCC1CC1. The van der Waals surface area contributed by atoms with Crippen molar-refractivity contribution >= 4 is 5.91 Å². The average Bonchev–Trinajstić information content (AvgIpc) is 3.66. The first-order chi connectivity index (χ1) is 18.9. The van der Waals surface area contributed by atoms with Gasteiger partial charge in [-0.25, -0.2) is 13.8 Å². The normalized spacial score (nSPS) is 13.6. The number of nitrogens with zero attached hydrogens (tertiary/aromatic N) is 1. The highest BCUT2D eigenvalue weighted by molar-refractivity contribution is 5.94. The second kappa shape index (κ2) is 11.7. The van der Waals surface area contributed by atoms with Crippen LogP contribution in [0, 0.1) is 17.6 Å². The molecule has 3 aromatic carbocycles. The number of nitrogens with two attached hydrogens (primary N) is 1. The van der Waals surface area contributed by atoms with Gasteiger partial charge in [0.25, 0.3) is 5.91 Å². The molecule has 1 amide bonds. The maximum atomic E-state index is 14.1. The molecule has 1 aliphatic rings. The molecule has 0 spiro atoms. The number of carbonyl (C=O) groups is 1. The van der Waals surface area contributed by atoms with Crippen LogP contribution in [-0.4, -0.2) is 24.6 Å². The van der Waals surface area contributed by atoms with Crippen molar-refractivity contribution in [3.05, 3.63) is 101 Å². The molecule has 7 nitrogen and oxygen atoms in total. The Balaban J connectivity index is 1.44. The molecule has 39 heavy (non-hydrogen) atoms. The number of benzene rings is 3. The van der Waals surface area contributed by atoms with Crippen LogP contribution in [0.25, 0.3) is 11.5 Å². The fourth-order valence-electron chi connectivity index (χ4n) is 4.17. The zero-order chi connectivity index (χ0) is 27.4. The Kier molecular flexibility index (Phi) is 7.88. The quantitative estimate of drug-likeness (QED) is 0.261. The fraction of sp³-hybridized carbons (Fsp3) is 0.267. The predicted octanol–water partition coefficient (Wildman–Crippen LogP) is 5.59. The van der Waals surface area contributed by atoms with Crippen LogP contribution >= 0.6 is 0 Å². The molecule has 1 unspecified atom stereocenters. The third kappa shape index (κ3) is 6.43. The fourth-order valence-corrected chi connectivity index (χ4v) is 4.17. The minimum atomic E-state index is -0.755. The van der Waals surface area contributed by atoms with Crippen molar-refractivity contribution in [3.63, 3.8) is 0 Å². The summed E-state index contributed by atoms with van der Waals surface area (Å²) in [6, 6.07) is 17.3. The smallest absolute Gasteiger partial charge is 0.273 e. The Hall–Kier alpha value is -4.24. The Morgan fingerprint density at radius 2 is 1.90 bits per heavy atom. The molecule has 4 aromatic rings. The van der Waals surface area contributed by atoms with E-state index in [0.29, 0.717) is 36.0 Å². The van der Waals surface area contributed by atoms with Gasteiger partial charge in [-0.3, -0.25) is 4.79 Å². The van der Waals surface area contributed by atoms with E-state index in [0.717, 1.165) is 30.5 Å². The van der Waals surface area contributed by atoms with Crippen molar-refractivity contribution in [2.75, 3.05) is 13.7 Å². The standard InChI is InChI=1S/C30H29F2N3O4/c1-37-25-12-10-20(14-26(25)38-17-19-7-8-19)30-35-27(28(39-30)24(33)13-18-5-3-2-4-6-18)29(36)34-16-21-9-11-22(31)15-23(21)32/h2-6,9-12,14-15,19,24H,7-8,13,16-17,33H2,1H3,(H,34,36). The van der Waals surface area contributed by atoms with Gasteiger partial charge >= 0.3 is 0 Å². The summed E-state index contributed by atoms with van der Waals surface area (Å²) in [4.78, 5) is 17.7. The van der Waals surface area contributed by atoms with Gasteiger partial charge in [-0.2, -0.15) is 0 Å². The second-order valence-corrected chi connectivity index (χ2v) is 9.57. The van der Waals surface area contributed by atoms with Gasteiger partial charge in [-0.05, 0) is 55.0 Å². The summed E-state index contributed by atoms with van der Waals surface area (Å²) in [6.45, 7) is 0.425. The second-order valence-electron chi connectivity index (χ2n) is 9.57. The molecule has 5 rings (SSSR count). The lowest BCUT2D eigenvalue weighted by Crippen LogP contribution is -2.26. The lowest BCUT2D eigenvalue weighted by molar-refractivity contribution is 0.0943. The number of oxazole rings is 1. The number of methoxy groups -OCH3 is 1. The van der Waals surface area contributed by atoms with Crippen LogP contribution in [0.5, 0.6) is 11.5 Å². The van der Waals surface area contributed by atoms with Crippen LogP contribution in [-0.2, 0) is 13.0 Å². The first kappa shape index (κ1) is 26.4. The van der Waals surface area contributed by atoms with E-state index in [1.807, 2.05) is 30.3 Å². The Bertz CT molecular complexity index is 1450. The van der Waals surface area contributed by atoms with Crippen molar-refractivity contribution in [3.8, 4) is 23.0 Å². The van der Waals surface area contributed by atoms with E-state index >= 15 is 0 Å². The number of carbonyl (C=O) groups excluding carboxylic acids is 1. The number of aromatic nitrogens is 1. The molecule has 1 aromatic heterocycles. The van der Waals surface area contributed by atoms with Crippen molar-refractivity contribution in [1.82, 2.24) is 10.3 Å². The molecular formula is C30H29F2N3O4. The number of nitrogens with one attached hydrogen (secondary N) is 1. The van der Waals surface area contributed by atoms with Crippen LogP contribution < -0.4 is 20.5 Å². The lowest BCUT2D eigenvalue weighted by atomic mass is 10.0. The minimum Gasteiger partial charge on any atom is -0.493 e. The monoisotopic (exact) mass is 533 g/mol. The van der Waals surface area contributed by atoms with Crippen LogP contribution in [0.15, 0.2) is 71.1 Å². The van der Waals surface area contributed by atoms with E-state index in [4.69, 9.17) is 19.6 Å². The number of hydrogen-bond acceptors (Lipinski definition) is 6. The van der Waals surface area contributed by atoms with Gasteiger partial charge in [0.05, 0.1) is 19.8 Å². The first-order valence-electron chi connectivity index (χ1n) is 12.7. The Morgan fingerprint density at radius 3 is 2.62 bits per heavy atom. The van der Waals surface area contributed by atoms with Gasteiger partial charge in [0.2, 0.25) is 5.89 Å². The van der Waals surface area contributed by atoms with Gasteiger partial charge in [0.15, 0.2) is 23.0 Å². The molecule has 202 valence electrons. The molecule has 1 heterocycles. The molecule has 0 saturated heterocycles. The molecule has 0 bridgehead atoms. The van der Waals surface area contributed by atoms with E-state index in [1.54, 1.807) is 25.3 Å². The maximum Gasteiger partial charge on any atom is 0.273 e. The molecule has 1 aliphatic carbocycles. The van der Waals surface area contributed by atoms with Crippen molar-refractivity contribution in [1.29, 1.82) is 0 Å². The maximum absolute atomic E-state index is 14.1. The summed E-state index contributed by atoms with van der Waals surface area (Å²) in [6.07, 6.45) is 2.69. The van der Waals surface area contributed by atoms with E-state index in [2.05, 4.69) is 10.3 Å². The number of amides is 1. The molecule has 9 heteroatoms. The molecule has 1 fully saturated rings. The van der Waals surface area contributed by atoms with Gasteiger partial charge < -0.3 is 24.9 Å². The van der Waals surface area contributed by atoms with E-state index < -0.39 is 23.6 Å². The summed E-state index contributed by atoms with van der Waals surface area (Å²) < 4.78 is 44.9. The predicted molar refractivity (Wildman–Crippen MR) is 141 cm³/mol. The minimum absolute atomic E-state index is 0.00721. The average molecular weight is 534 g/mol. The lowest BCUT2D eigenvalue weighted by Gasteiger charge is -2.11. The van der Waals surface area contributed by atoms with Crippen LogP contribution in [0.2, 0.25) is 0 Å². The van der Waals surface area contributed by atoms with Gasteiger partial charge in [0, 0.05) is 23.7 Å². The number of halogens is 2. The highest BCUT2D eigenvalue weighted by atomic mass is 19.1. The van der Waals surface area contributed by atoms with E-state index in [9.17, 15) is 13.6 Å². The largest absolute Gasteiger partial charge is 0.493 e. The summed E-state index contributed by atoms with van der Waals surface area (Å²) in [5, 5.41) is 2.64. The topological polar surface area (TPSA) is 99.6 Å². The van der Waals surface area contributed by atoms with Gasteiger partial charge in [-0.15, -0.1) is 0 Å². The van der Waals surface area contributed by atoms with Crippen molar-refractivity contribution < 1.29 is 27.5 Å². The zero-order valence-corrected chi connectivity index (χ0v) is 21.5. The third-order valence-corrected chi connectivity index (χ3v) is 6.54. The van der Waals surface area contributed by atoms with Crippen molar-refractivity contribution in [2.45, 2.75) is 31.8 Å². The molecule has 0 aliphatic heterocycles. The van der Waals surface area contributed by atoms with Crippen molar-refractivity contribution in [2.24, 2.45) is 11.7 Å².